The van der Waals surface area contributed by atoms with Gasteiger partial charge in [0.1, 0.15) is 0 Å². The van der Waals surface area contributed by atoms with Crippen LogP contribution in [0.15, 0.2) is 18.3 Å². The normalized spacial score (nSPS) is 19.2. The van der Waals surface area contributed by atoms with Crippen LogP contribution in [0.2, 0.25) is 0 Å². The number of pyridine rings is 1. The van der Waals surface area contributed by atoms with E-state index in [1.165, 1.54) is 6.42 Å². The maximum atomic E-state index is 5.66. The first kappa shape index (κ1) is 12.2. The second-order valence-electron chi connectivity index (χ2n) is 4.44. The lowest BCUT2D eigenvalue weighted by Gasteiger charge is -2.14. The van der Waals surface area contributed by atoms with E-state index in [1.54, 1.807) is 6.20 Å². The highest BCUT2D eigenvalue weighted by atomic mass is 16.5. The molecule has 4 nitrogen and oxygen atoms in total. The van der Waals surface area contributed by atoms with Crippen LogP contribution in [0.5, 0.6) is 5.75 Å². The summed E-state index contributed by atoms with van der Waals surface area (Å²) in [7, 11) is 0. The van der Waals surface area contributed by atoms with Gasteiger partial charge in [-0.3, -0.25) is 0 Å². The van der Waals surface area contributed by atoms with Gasteiger partial charge in [-0.05, 0) is 44.0 Å². The second kappa shape index (κ2) is 6.45. The quantitative estimate of drug-likeness (QED) is 0.790. The summed E-state index contributed by atoms with van der Waals surface area (Å²) in [6.07, 6.45) is 4.06. The summed E-state index contributed by atoms with van der Waals surface area (Å²) in [6.45, 7) is 6.05. The van der Waals surface area contributed by atoms with Crippen LogP contribution in [0.1, 0.15) is 19.8 Å². The van der Waals surface area contributed by atoms with E-state index in [9.17, 15) is 0 Å². The average Bonchev–Trinajstić information content (AvgIpc) is 2.88. The van der Waals surface area contributed by atoms with Crippen LogP contribution >= 0.6 is 0 Å². The SMILES string of the molecule is CCCOc1cccnc1NCC1CCNC1. The van der Waals surface area contributed by atoms with Gasteiger partial charge < -0.3 is 15.4 Å². The fourth-order valence-electron chi connectivity index (χ4n) is 1.98. The van der Waals surface area contributed by atoms with E-state index >= 15 is 0 Å². The standard InChI is InChI=1S/C13H21N3O/c1-2-8-17-12-4-3-6-15-13(12)16-10-11-5-7-14-9-11/h3-4,6,11,14H,2,5,7-10H2,1H3,(H,15,16). The first-order valence-corrected chi connectivity index (χ1v) is 6.42. The molecular formula is C13H21N3O. The molecule has 0 radical (unpaired) electrons. The third kappa shape index (κ3) is 3.60. The first-order valence-electron chi connectivity index (χ1n) is 6.42. The summed E-state index contributed by atoms with van der Waals surface area (Å²) in [4.78, 5) is 4.34. The summed E-state index contributed by atoms with van der Waals surface area (Å²) >= 11 is 0. The predicted octanol–water partition coefficient (Wildman–Crippen LogP) is 1.89. The molecule has 2 rings (SSSR count). The van der Waals surface area contributed by atoms with Crippen molar-refractivity contribution in [3.8, 4) is 5.75 Å². The van der Waals surface area contributed by atoms with Crippen molar-refractivity contribution >= 4 is 5.82 Å². The lowest BCUT2D eigenvalue weighted by Crippen LogP contribution is -2.18. The maximum absolute atomic E-state index is 5.66. The van der Waals surface area contributed by atoms with E-state index in [-0.39, 0.29) is 0 Å². The molecule has 94 valence electrons. The van der Waals surface area contributed by atoms with Crippen molar-refractivity contribution in [2.45, 2.75) is 19.8 Å². The molecule has 0 aliphatic carbocycles. The Morgan fingerprint density at radius 3 is 3.29 bits per heavy atom. The Kier molecular flexibility index (Phi) is 4.62. The monoisotopic (exact) mass is 235 g/mol. The topological polar surface area (TPSA) is 46.2 Å². The number of rotatable bonds is 6. The lowest BCUT2D eigenvalue weighted by atomic mass is 10.1. The smallest absolute Gasteiger partial charge is 0.168 e. The van der Waals surface area contributed by atoms with Crippen molar-refractivity contribution in [3.63, 3.8) is 0 Å². The van der Waals surface area contributed by atoms with Crippen LogP contribution in [0.4, 0.5) is 5.82 Å². The van der Waals surface area contributed by atoms with Gasteiger partial charge in [0.25, 0.3) is 0 Å². The third-order valence-electron chi connectivity index (χ3n) is 2.95. The molecule has 0 bridgehead atoms. The summed E-state index contributed by atoms with van der Waals surface area (Å²) in [6, 6.07) is 3.88. The van der Waals surface area contributed by atoms with E-state index in [2.05, 4.69) is 22.5 Å². The molecule has 1 aliphatic heterocycles. The largest absolute Gasteiger partial charge is 0.490 e. The zero-order chi connectivity index (χ0) is 11.9. The molecule has 0 amide bonds. The van der Waals surface area contributed by atoms with Gasteiger partial charge in [-0.25, -0.2) is 4.98 Å². The molecule has 1 fully saturated rings. The van der Waals surface area contributed by atoms with E-state index in [0.717, 1.165) is 44.2 Å². The Morgan fingerprint density at radius 1 is 1.59 bits per heavy atom. The second-order valence-corrected chi connectivity index (χ2v) is 4.44. The molecule has 4 heteroatoms. The fraction of sp³-hybridized carbons (Fsp3) is 0.615. The summed E-state index contributed by atoms with van der Waals surface area (Å²) in [5.41, 5.74) is 0. The molecule has 1 atom stereocenters. The van der Waals surface area contributed by atoms with E-state index < -0.39 is 0 Å². The van der Waals surface area contributed by atoms with Gasteiger partial charge >= 0.3 is 0 Å². The van der Waals surface area contributed by atoms with E-state index in [1.807, 2.05) is 12.1 Å². The minimum atomic E-state index is 0.705. The highest BCUT2D eigenvalue weighted by Crippen LogP contribution is 2.21. The molecular weight excluding hydrogens is 214 g/mol. The molecule has 1 aromatic heterocycles. The Bertz CT molecular complexity index is 337. The van der Waals surface area contributed by atoms with Gasteiger partial charge in [-0.1, -0.05) is 6.92 Å². The molecule has 2 heterocycles. The van der Waals surface area contributed by atoms with Crippen LogP contribution in [0.25, 0.3) is 0 Å². The Morgan fingerprint density at radius 2 is 2.53 bits per heavy atom. The van der Waals surface area contributed by atoms with Crippen LogP contribution in [0, 0.1) is 5.92 Å². The van der Waals surface area contributed by atoms with Gasteiger partial charge in [-0.15, -0.1) is 0 Å². The van der Waals surface area contributed by atoms with Crippen molar-refractivity contribution in [2.75, 3.05) is 31.6 Å². The maximum Gasteiger partial charge on any atom is 0.168 e. The molecule has 2 N–H and O–H groups in total. The van der Waals surface area contributed by atoms with Crippen molar-refractivity contribution in [3.05, 3.63) is 18.3 Å². The number of hydrogen-bond donors (Lipinski definition) is 2. The molecule has 17 heavy (non-hydrogen) atoms. The number of aromatic nitrogens is 1. The minimum Gasteiger partial charge on any atom is -0.490 e. The Hall–Kier alpha value is -1.29. The molecule has 1 unspecified atom stereocenters. The zero-order valence-electron chi connectivity index (χ0n) is 10.4. The van der Waals surface area contributed by atoms with Crippen molar-refractivity contribution in [1.29, 1.82) is 0 Å². The lowest BCUT2D eigenvalue weighted by molar-refractivity contribution is 0.317. The van der Waals surface area contributed by atoms with Crippen LogP contribution in [-0.2, 0) is 0 Å². The van der Waals surface area contributed by atoms with Gasteiger partial charge in [0.2, 0.25) is 0 Å². The summed E-state index contributed by atoms with van der Waals surface area (Å²) < 4.78 is 5.66. The van der Waals surface area contributed by atoms with Crippen LogP contribution < -0.4 is 15.4 Å². The molecule has 0 spiro atoms. The number of ether oxygens (including phenoxy) is 1. The predicted molar refractivity (Wildman–Crippen MR) is 69.5 cm³/mol. The van der Waals surface area contributed by atoms with Crippen LogP contribution in [0.3, 0.4) is 0 Å². The van der Waals surface area contributed by atoms with E-state index in [4.69, 9.17) is 4.74 Å². The minimum absolute atomic E-state index is 0.705. The van der Waals surface area contributed by atoms with Gasteiger partial charge in [0, 0.05) is 12.7 Å². The highest BCUT2D eigenvalue weighted by Gasteiger charge is 2.14. The highest BCUT2D eigenvalue weighted by molar-refractivity contribution is 5.49. The number of nitrogens with zero attached hydrogens (tertiary/aromatic N) is 1. The van der Waals surface area contributed by atoms with Gasteiger partial charge in [0.05, 0.1) is 6.61 Å². The Balaban J connectivity index is 1.89. The van der Waals surface area contributed by atoms with Gasteiger partial charge in [-0.2, -0.15) is 0 Å². The zero-order valence-corrected chi connectivity index (χ0v) is 10.4. The average molecular weight is 235 g/mol. The van der Waals surface area contributed by atoms with Crippen molar-refractivity contribution in [1.82, 2.24) is 10.3 Å². The van der Waals surface area contributed by atoms with Gasteiger partial charge in [0.15, 0.2) is 11.6 Å². The van der Waals surface area contributed by atoms with Crippen molar-refractivity contribution in [2.24, 2.45) is 5.92 Å². The van der Waals surface area contributed by atoms with Crippen molar-refractivity contribution < 1.29 is 4.74 Å². The first-order chi connectivity index (χ1) is 8.40. The van der Waals surface area contributed by atoms with Crippen LogP contribution in [-0.4, -0.2) is 31.2 Å². The number of hydrogen-bond acceptors (Lipinski definition) is 4. The molecule has 0 saturated carbocycles. The third-order valence-corrected chi connectivity index (χ3v) is 2.95. The molecule has 1 aromatic rings. The molecule has 1 aliphatic rings. The fourth-order valence-corrected chi connectivity index (χ4v) is 1.98. The number of nitrogens with one attached hydrogen (secondary N) is 2. The van der Waals surface area contributed by atoms with E-state index in [0.29, 0.717) is 5.92 Å². The molecule has 0 aromatic carbocycles. The summed E-state index contributed by atoms with van der Waals surface area (Å²) in [5.74, 6) is 2.43. The summed E-state index contributed by atoms with van der Waals surface area (Å²) in [5, 5.41) is 6.75. The number of anilines is 1. The Labute approximate surface area is 103 Å². The molecule has 1 saturated heterocycles.